The predicted molar refractivity (Wildman–Crippen MR) is 98.8 cm³/mol. The number of amides is 1. The minimum Gasteiger partial charge on any atom is -0.375 e. The number of benzene rings is 1. The Morgan fingerprint density at radius 1 is 1.23 bits per heavy atom. The number of hydrogen-bond acceptors (Lipinski definition) is 4. The molecule has 1 fully saturated rings. The first kappa shape index (κ1) is 17.2. The van der Waals surface area contributed by atoms with Gasteiger partial charge in [-0.3, -0.25) is 4.79 Å². The lowest BCUT2D eigenvalue weighted by molar-refractivity contribution is -0.138. The van der Waals surface area contributed by atoms with E-state index in [2.05, 4.69) is 28.2 Å². The summed E-state index contributed by atoms with van der Waals surface area (Å²) >= 11 is 0. The summed E-state index contributed by atoms with van der Waals surface area (Å²) in [5.41, 5.74) is 5.04. The van der Waals surface area contributed by atoms with Gasteiger partial charge in [0.05, 0.1) is 19.1 Å². The third-order valence-electron chi connectivity index (χ3n) is 5.38. The lowest BCUT2D eigenvalue weighted by atomic mass is 10.0. The summed E-state index contributed by atoms with van der Waals surface area (Å²) in [7, 11) is 0. The average molecular weight is 351 g/mol. The Labute approximate surface area is 154 Å². The maximum atomic E-state index is 12.7. The Bertz CT molecular complexity index is 763. The van der Waals surface area contributed by atoms with E-state index in [1.165, 1.54) is 24.0 Å². The number of hydrogen-bond donors (Lipinski definition) is 0. The fourth-order valence-electron chi connectivity index (χ4n) is 3.92. The van der Waals surface area contributed by atoms with Crippen LogP contribution in [0.4, 0.5) is 0 Å². The van der Waals surface area contributed by atoms with Crippen LogP contribution in [0.25, 0.3) is 0 Å². The van der Waals surface area contributed by atoms with E-state index in [1.807, 2.05) is 11.0 Å². The van der Waals surface area contributed by atoms with Gasteiger partial charge in [0.15, 0.2) is 0 Å². The van der Waals surface area contributed by atoms with Crippen LogP contribution in [0.5, 0.6) is 0 Å². The van der Waals surface area contributed by atoms with E-state index in [0.29, 0.717) is 26.1 Å². The van der Waals surface area contributed by atoms with Gasteiger partial charge in [-0.15, -0.1) is 0 Å². The molecule has 1 aromatic heterocycles. The van der Waals surface area contributed by atoms with Crippen LogP contribution >= 0.6 is 0 Å². The van der Waals surface area contributed by atoms with Crippen molar-refractivity contribution in [3.63, 3.8) is 0 Å². The quantitative estimate of drug-likeness (QED) is 0.830. The van der Waals surface area contributed by atoms with Crippen molar-refractivity contribution >= 4 is 5.91 Å². The number of nitrogens with zero attached hydrogens (tertiary/aromatic N) is 3. The highest BCUT2D eigenvalue weighted by Crippen LogP contribution is 2.23. The van der Waals surface area contributed by atoms with Crippen LogP contribution in [0, 0.1) is 0 Å². The standard InChI is InChI=1S/C21H25N3O2/c25-21(13-16-4-5-17-2-1-3-18(17)12-16)24-10-11-26-20(14-24)7-6-19-8-9-22-15-23-19/h4-5,8-9,12,15,20H,1-3,6-7,10-11,13-14H2/t20-/m0/s1. The van der Waals surface area contributed by atoms with Crippen molar-refractivity contribution in [3.05, 3.63) is 59.2 Å². The zero-order valence-corrected chi connectivity index (χ0v) is 15.1. The van der Waals surface area contributed by atoms with Crippen molar-refractivity contribution in [3.8, 4) is 0 Å². The SMILES string of the molecule is O=C(Cc1ccc2c(c1)CCC2)N1CCO[C@@H](CCc2ccncn2)C1. The monoisotopic (exact) mass is 351 g/mol. The van der Waals surface area contributed by atoms with Crippen LogP contribution in [0.3, 0.4) is 0 Å². The van der Waals surface area contributed by atoms with Gasteiger partial charge < -0.3 is 9.64 Å². The number of aromatic nitrogens is 2. The van der Waals surface area contributed by atoms with Crippen LogP contribution in [-0.4, -0.2) is 46.6 Å². The van der Waals surface area contributed by atoms with Crippen molar-refractivity contribution in [1.29, 1.82) is 0 Å². The number of rotatable bonds is 5. The summed E-state index contributed by atoms with van der Waals surface area (Å²) in [6, 6.07) is 8.48. The molecule has 2 heterocycles. The van der Waals surface area contributed by atoms with Crippen LogP contribution in [-0.2, 0) is 35.2 Å². The van der Waals surface area contributed by atoms with Gasteiger partial charge in [0.2, 0.25) is 5.91 Å². The largest absolute Gasteiger partial charge is 0.375 e. The summed E-state index contributed by atoms with van der Waals surface area (Å²) in [6.45, 7) is 1.98. The number of aryl methyl sites for hydroxylation is 3. The van der Waals surface area contributed by atoms with E-state index in [9.17, 15) is 4.79 Å². The Balaban J connectivity index is 1.31. The zero-order chi connectivity index (χ0) is 17.8. The molecule has 0 N–H and O–H groups in total. The molecular weight excluding hydrogens is 326 g/mol. The first-order valence-electron chi connectivity index (χ1n) is 9.53. The van der Waals surface area contributed by atoms with Crippen molar-refractivity contribution in [2.24, 2.45) is 0 Å². The van der Waals surface area contributed by atoms with E-state index in [1.54, 1.807) is 12.5 Å². The molecule has 4 rings (SSSR count). The van der Waals surface area contributed by atoms with E-state index in [-0.39, 0.29) is 12.0 Å². The van der Waals surface area contributed by atoms with E-state index in [0.717, 1.165) is 30.5 Å². The normalized spacial score (nSPS) is 19.4. The Morgan fingerprint density at radius 2 is 2.15 bits per heavy atom. The van der Waals surface area contributed by atoms with Crippen molar-refractivity contribution < 1.29 is 9.53 Å². The lowest BCUT2D eigenvalue weighted by Gasteiger charge is -2.33. The topological polar surface area (TPSA) is 55.3 Å². The molecule has 1 aliphatic carbocycles. The van der Waals surface area contributed by atoms with Gasteiger partial charge in [-0.2, -0.15) is 0 Å². The molecule has 2 aliphatic rings. The molecule has 5 heteroatoms. The van der Waals surface area contributed by atoms with Crippen LogP contribution < -0.4 is 0 Å². The van der Waals surface area contributed by atoms with Gasteiger partial charge in [0.1, 0.15) is 6.33 Å². The van der Waals surface area contributed by atoms with Crippen molar-refractivity contribution in [2.75, 3.05) is 19.7 Å². The van der Waals surface area contributed by atoms with E-state index < -0.39 is 0 Å². The molecule has 0 radical (unpaired) electrons. The fraction of sp³-hybridized carbons (Fsp3) is 0.476. The third-order valence-corrected chi connectivity index (χ3v) is 5.38. The summed E-state index contributed by atoms with van der Waals surface area (Å²) < 4.78 is 5.85. The first-order valence-corrected chi connectivity index (χ1v) is 9.53. The molecule has 2 aromatic rings. The highest BCUT2D eigenvalue weighted by molar-refractivity contribution is 5.79. The maximum absolute atomic E-state index is 12.7. The molecule has 1 amide bonds. The predicted octanol–water partition coefficient (Wildman–Crippen LogP) is 2.37. The maximum Gasteiger partial charge on any atom is 0.227 e. The summed E-state index contributed by atoms with van der Waals surface area (Å²) in [4.78, 5) is 22.9. The van der Waals surface area contributed by atoms with Crippen LogP contribution in [0.1, 0.15) is 35.2 Å². The fourth-order valence-corrected chi connectivity index (χ4v) is 3.92. The highest BCUT2D eigenvalue weighted by atomic mass is 16.5. The van der Waals surface area contributed by atoms with Gasteiger partial charge in [-0.25, -0.2) is 9.97 Å². The van der Waals surface area contributed by atoms with Gasteiger partial charge in [-0.05, 0) is 54.9 Å². The van der Waals surface area contributed by atoms with Gasteiger partial charge in [0.25, 0.3) is 0 Å². The Morgan fingerprint density at radius 3 is 3.04 bits per heavy atom. The summed E-state index contributed by atoms with van der Waals surface area (Å²) in [6.07, 6.45) is 9.21. The second kappa shape index (κ2) is 7.96. The summed E-state index contributed by atoms with van der Waals surface area (Å²) in [5.74, 6) is 0.207. The minimum atomic E-state index is 0.0858. The molecule has 1 saturated heterocycles. The first-order chi connectivity index (χ1) is 12.8. The zero-order valence-electron chi connectivity index (χ0n) is 15.1. The average Bonchev–Trinajstić information content (AvgIpc) is 3.15. The molecular formula is C21H25N3O2. The molecule has 1 atom stereocenters. The van der Waals surface area contributed by atoms with E-state index in [4.69, 9.17) is 4.74 Å². The number of carbonyl (C=O) groups excluding carboxylic acids is 1. The van der Waals surface area contributed by atoms with E-state index >= 15 is 0 Å². The smallest absolute Gasteiger partial charge is 0.227 e. The second-order valence-corrected chi connectivity index (χ2v) is 7.21. The molecule has 0 spiro atoms. The highest BCUT2D eigenvalue weighted by Gasteiger charge is 2.24. The van der Waals surface area contributed by atoms with Crippen LogP contribution in [0.2, 0.25) is 0 Å². The number of morpholine rings is 1. The molecule has 1 aliphatic heterocycles. The number of ether oxygens (including phenoxy) is 1. The second-order valence-electron chi connectivity index (χ2n) is 7.21. The molecule has 0 saturated carbocycles. The number of carbonyl (C=O) groups is 1. The Hall–Kier alpha value is -2.27. The summed E-state index contributed by atoms with van der Waals surface area (Å²) in [5, 5.41) is 0. The van der Waals surface area contributed by atoms with Crippen molar-refractivity contribution in [2.45, 2.75) is 44.6 Å². The molecule has 0 unspecified atom stereocenters. The molecule has 136 valence electrons. The minimum absolute atomic E-state index is 0.0858. The van der Waals surface area contributed by atoms with Gasteiger partial charge in [-0.1, -0.05) is 18.2 Å². The van der Waals surface area contributed by atoms with Gasteiger partial charge in [0, 0.05) is 25.0 Å². The third kappa shape index (κ3) is 4.10. The Kier molecular flexibility index (Phi) is 5.25. The molecule has 26 heavy (non-hydrogen) atoms. The van der Waals surface area contributed by atoms with Gasteiger partial charge >= 0.3 is 0 Å². The van der Waals surface area contributed by atoms with Crippen molar-refractivity contribution in [1.82, 2.24) is 14.9 Å². The molecule has 1 aromatic carbocycles. The molecule has 0 bridgehead atoms. The number of fused-ring (bicyclic) bond motifs is 1. The van der Waals surface area contributed by atoms with Crippen LogP contribution in [0.15, 0.2) is 36.8 Å². The lowest BCUT2D eigenvalue weighted by Crippen LogP contribution is -2.46. The molecule has 5 nitrogen and oxygen atoms in total.